The zero-order chi connectivity index (χ0) is 13.9. The van der Waals surface area contributed by atoms with Gasteiger partial charge in [-0.1, -0.05) is 50.5 Å². The van der Waals surface area contributed by atoms with Gasteiger partial charge in [0.15, 0.2) is 0 Å². The first-order valence-electron chi connectivity index (χ1n) is 6.96. The molecule has 0 bridgehead atoms. The number of rotatable bonds is 9. The molecule has 1 aromatic rings. The maximum Gasteiger partial charge on any atom is 0.306 e. The van der Waals surface area contributed by atoms with Crippen LogP contribution in [0.3, 0.4) is 0 Å². The molecular weight excluding hydrogens is 240 g/mol. The first-order valence-corrected chi connectivity index (χ1v) is 6.96. The topological polar surface area (TPSA) is 43.4 Å². The number of aryl methyl sites for hydroxylation is 1. The first kappa shape index (κ1) is 15.4. The van der Waals surface area contributed by atoms with Crippen molar-refractivity contribution in [2.75, 3.05) is 6.61 Å². The van der Waals surface area contributed by atoms with Crippen molar-refractivity contribution in [3.63, 3.8) is 0 Å². The van der Waals surface area contributed by atoms with Crippen molar-refractivity contribution in [2.45, 2.75) is 45.4 Å². The molecular formula is C16H22O3. The highest BCUT2D eigenvalue weighted by Gasteiger charge is 2.03. The van der Waals surface area contributed by atoms with E-state index in [9.17, 15) is 9.59 Å². The molecule has 0 aliphatic heterocycles. The Labute approximate surface area is 115 Å². The van der Waals surface area contributed by atoms with Crippen molar-refractivity contribution in [3.8, 4) is 0 Å². The molecule has 0 fully saturated rings. The Bertz CT molecular complexity index is 381. The number of carbonyl (C=O) groups excluding carboxylic acids is 2. The summed E-state index contributed by atoms with van der Waals surface area (Å²) in [6.45, 7) is 2.69. The summed E-state index contributed by atoms with van der Waals surface area (Å²) in [6, 6.07) is 7.27. The van der Waals surface area contributed by atoms with Crippen molar-refractivity contribution in [1.82, 2.24) is 0 Å². The van der Waals surface area contributed by atoms with E-state index in [1.165, 1.54) is 12.8 Å². The van der Waals surface area contributed by atoms with Crippen LogP contribution in [0.25, 0.3) is 0 Å². The zero-order valence-electron chi connectivity index (χ0n) is 11.6. The van der Waals surface area contributed by atoms with Crippen LogP contribution in [0.4, 0.5) is 0 Å². The van der Waals surface area contributed by atoms with Gasteiger partial charge >= 0.3 is 5.97 Å². The van der Waals surface area contributed by atoms with Crippen LogP contribution in [-0.4, -0.2) is 18.9 Å². The van der Waals surface area contributed by atoms with E-state index in [-0.39, 0.29) is 5.97 Å². The molecule has 0 saturated heterocycles. The van der Waals surface area contributed by atoms with Gasteiger partial charge in [0, 0.05) is 12.0 Å². The predicted octanol–water partition coefficient (Wildman–Crippen LogP) is 3.56. The van der Waals surface area contributed by atoms with Gasteiger partial charge in [-0.3, -0.25) is 9.59 Å². The van der Waals surface area contributed by atoms with Gasteiger partial charge in [0.1, 0.15) is 6.29 Å². The van der Waals surface area contributed by atoms with Crippen LogP contribution in [0.5, 0.6) is 0 Å². The molecule has 1 aromatic carbocycles. The van der Waals surface area contributed by atoms with Crippen molar-refractivity contribution in [1.29, 1.82) is 0 Å². The summed E-state index contributed by atoms with van der Waals surface area (Å²) in [5, 5.41) is 0. The fourth-order valence-electron chi connectivity index (χ4n) is 1.80. The highest BCUT2D eigenvalue weighted by atomic mass is 16.5. The second-order valence-corrected chi connectivity index (χ2v) is 4.64. The Balaban J connectivity index is 2.16. The lowest BCUT2D eigenvalue weighted by atomic mass is 10.1. The number of carbonyl (C=O) groups is 2. The fraction of sp³-hybridized carbons (Fsp3) is 0.500. The van der Waals surface area contributed by atoms with Crippen LogP contribution in [0.1, 0.15) is 54.9 Å². The molecule has 0 aromatic heterocycles. The second kappa shape index (κ2) is 9.31. The van der Waals surface area contributed by atoms with E-state index < -0.39 is 0 Å². The van der Waals surface area contributed by atoms with E-state index in [4.69, 9.17) is 4.74 Å². The average molecular weight is 262 g/mol. The summed E-state index contributed by atoms with van der Waals surface area (Å²) in [5.74, 6) is -0.143. The molecule has 104 valence electrons. The predicted molar refractivity (Wildman–Crippen MR) is 75.3 cm³/mol. The van der Waals surface area contributed by atoms with Crippen LogP contribution in [-0.2, 0) is 16.0 Å². The molecule has 3 nitrogen and oxygen atoms in total. The van der Waals surface area contributed by atoms with E-state index in [1.54, 1.807) is 12.1 Å². The van der Waals surface area contributed by atoms with Crippen LogP contribution in [0, 0.1) is 0 Å². The maximum atomic E-state index is 11.5. The Hall–Kier alpha value is -1.64. The van der Waals surface area contributed by atoms with Gasteiger partial charge in [-0.2, -0.15) is 0 Å². The summed E-state index contributed by atoms with van der Waals surface area (Å²) in [5.41, 5.74) is 1.70. The summed E-state index contributed by atoms with van der Waals surface area (Å²) in [4.78, 5) is 22.0. The van der Waals surface area contributed by atoms with Gasteiger partial charge in [-0.05, 0) is 18.4 Å². The minimum Gasteiger partial charge on any atom is -0.466 e. The SMILES string of the molecule is CCCCCCOC(=O)CCc1ccc(C=O)cc1. The van der Waals surface area contributed by atoms with Gasteiger partial charge < -0.3 is 4.74 Å². The lowest BCUT2D eigenvalue weighted by molar-refractivity contribution is -0.143. The van der Waals surface area contributed by atoms with Crippen LogP contribution in [0.2, 0.25) is 0 Å². The van der Waals surface area contributed by atoms with Crippen molar-refractivity contribution >= 4 is 12.3 Å². The standard InChI is InChI=1S/C16H22O3/c1-2-3-4-5-12-19-16(18)11-10-14-6-8-15(13-17)9-7-14/h6-9,13H,2-5,10-12H2,1H3. The third kappa shape index (κ3) is 6.75. The van der Waals surface area contributed by atoms with Crippen molar-refractivity contribution in [2.24, 2.45) is 0 Å². The van der Waals surface area contributed by atoms with Gasteiger partial charge in [0.2, 0.25) is 0 Å². The first-order chi connectivity index (χ1) is 9.26. The number of ether oxygens (including phenoxy) is 1. The molecule has 0 amide bonds. The summed E-state index contributed by atoms with van der Waals surface area (Å²) >= 11 is 0. The largest absolute Gasteiger partial charge is 0.466 e. The Morgan fingerprint density at radius 1 is 1.16 bits per heavy atom. The number of benzene rings is 1. The van der Waals surface area contributed by atoms with Gasteiger partial charge in [-0.15, -0.1) is 0 Å². The summed E-state index contributed by atoms with van der Waals surface area (Å²) < 4.78 is 5.16. The summed E-state index contributed by atoms with van der Waals surface area (Å²) in [6.07, 6.45) is 6.32. The Kier molecular flexibility index (Phi) is 7.56. The highest BCUT2D eigenvalue weighted by Crippen LogP contribution is 2.06. The van der Waals surface area contributed by atoms with E-state index in [1.807, 2.05) is 12.1 Å². The van der Waals surface area contributed by atoms with Gasteiger partial charge in [-0.25, -0.2) is 0 Å². The van der Waals surface area contributed by atoms with Crippen LogP contribution >= 0.6 is 0 Å². The molecule has 0 saturated carbocycles. The Morgan fingerprint density at radius 2 is 1.89 bits per heavy atom. The van der Waals surface area contributed by atoms with Crippen molar-refractivity contribution in [3.05, 3.63) is 35.4 Å². The molecule has 1 rings (SSSR count). The van der Waals surface area contributed by atoms with Gasteiger partial charge in [0.25, 0.3) is 0 Å². The fourth-order valence-corrected chi connectivity index (χ4v) is 1.80. The Morgan fingerprint density at radius 3 is 2.53 bits per heavy atom. The van der Waals surface area contributed by atoms with Crippen LogP contribution < -0.4 is 0 Å². The minimum atomic E-state index is -0.143. The van der Waals surface area contributed by atoms with Crippen molar-refractivity contribution < 1.29 is 14.3 Å². The minimum absolute atomic E-state index is 0.143. The smallest absolute Gasteiger partial charge is 0.306 e. The highest BCUT2D eigenvalue weighted by molar-refractivity contribution is 5.74. The maximum absolute atomic E-state index is 11.5. The molecule has 0 aliphatic rings. The van der Waals surface area contributed by atoms with Gasteiger partial charge in [0.05, 0.1) is 6.61 Å². The molecule has 0 spiro atoms. The normalized spacial score (nSPS) is 10.2. The lowest BCUT2D eigenvalue weighted by Gasteiger charge is -2.05. The molecule has 0 unspecified atom stereocenters. The van der Waals surface area contributed by atoms with E-state index in [0.29, 0.717) is 25.0 Å². The third-order valence-electron chi connectivity index (χ3n) is 2.99. The second-order valence-electron chi connectivity index (χ2n) is 4.64. The molecule has 0 atom stereocenters. The molecule has 19 heavy (non-hydrogen) atoms. The third-order valence-corrected chi connectivity index (χ3v) is 2.99. The monoisotopic (exact) mass is 262 g/mol. The van der Waals surface area contributed by atoms with E-state index in [2.05, 4.69) is 6.92 Å². The molecule has 0 N–H and O–H groups in total. The number of hydrogen-bond acceptors (Lipinski definition) is 3. The lowest BCUT2D eigenvalue weighted by Crippen LogP contribution is -2.07. The zero-order valence-corrected chi connectivity index (χ0v) is 11.6. The van der Waals surface area contributed by atoms with E-state index in [0.717, 1.165) is 24.7 Å². The van der Waals surface area contributed by atoms with E-state index >= 15 is 0 Å². The number of esters is 1. The molecule has 0 aliphatic carbocycles. The molecule has 3 heteroatoms. The number of unbranched alkanes of at least 4 members (excludes halogenated alkanes) is 3. The van der Waals surface area contributed by atoms with Crippen LogP contribution in [0.15, 0.2) is 24.3 Å². The number of hydrogen-bond donors (Lipinski definition) is 0. The number of aldehydes is 1. The summed E-state index contributed by atoms with van der Waals surface area (Å²) in [7, 11) is 0. The molecule has 0 heterocycles. The average Bonchev–Trinajstić information content (AvgIpc) is 2.45. The quantitative estimate of drug-likeness (QED) is 0.388. The molecule has 0 radical (unpaired) electrons.